The third-order valence-electron chi connectivity index (χ3n) is 1.83. The van der Waals surface area contributed by atoms with Crippen LogP contribution in [0, 0.1) is 11.3 Å². The summed E-state index contributed by atoms with van der Waals surface area (Å²) in [7, 11) is 0. The largest absolute Gasteiger partial charge is 0.480 e. The topological polar surface area (TPSA) is 33.0 Å². The van der Waals surface area contributed by atoms with Gasteiger partial charge in [0.05, 0.1) is 16.1 Å². The summed E-state index contributed by atoms with van der Waals surface area (Å²) in [4.78, 5) is 0. The van der Waals surface area contributed by atoms with Crippen LogP contribution in [0.15, 0.2) is 22.7 Å². The molecule has 0 aliphatic carbocycles. The Balaban J connectivity index is 2.88. The molecule has 0 bridgehead atoms. The maximum Gasteiger partial charge on any atom is 0.425 e. The van der Waals surface area contributed by atoms with Gasteiger partial charge in [-0.25, -0.2) is 0 Å². The summed E-state index contributed by atoms with van der Waals surface area (Å²) in [6.07, 6.45) is -6.30. The number of rotatable bonds is 2. The highest BCUT2D eigenvalue weighted by molar-refractivity contribution is 9.10. The Morgan fingerprint density at radius 1 is 1.44 bits per heavy atom. The molecule has 0 saturated carbocycles. The van der Waals surface area contributed by atoms with Crippen molar-refractivity contribution in [3.8, 4) is 11.8 Å². The van der Waals surface area contributed by atoms with Crippen LogP contribution in [0.4, 0.5) is 13.2 Å². The molecule has 2 nitrogen and oxygen atoms in total. The molecule has 0 N–H and O–H groups in total. The molecule has 0 spiro atoms. The van der Waals surface area contributed by atoms with Crippen LogP contribution in [0.2, 0.25) is 0 Å². The van der Waals surface area contributed by atoms with Crippen LogP contribution >= 0.6 is 15.9 Å². The molecule has 0 fully saturated rings. The second kappa shape index (κ2) is 4.74. The molecule has 0 aliphatic heterocycles. The van der Waals surface area contributed by atoms with Crippen LogP contribution in [0.1, 0.15) is 12.5 Å². The van der Waals surface area contributed by atoms with Crippen molar-refractivity contribution in [1.82, 2.24) is 0 Å². The fourth-order valence-electron chi connectivity index (χ4n) is 0.923. The predicted molar refractivity (Wildman–Crippen MR) is 55.0 cm³/mol. The van der Waals surface area contributed by atoms with Gasteiger partial charge < -0.3 is 4.74 Å². The summed E-state index contributed by atoms with van der Waals surface area (Å²) in [5, 5.41) is 8.57. The van der Waals surface area contributed by atoms with E-state index < -0.39 is 12.3 Å². The average molecular weight is 294 g/mol. The highest BCUT2D eigenvalue weighted by Gasteiger charge is 2.38. The number of hydrogen-bond acceptors (Lipinski definition) is 2. The Morgan fingerprint density at radius 3 is 2.50 bits per heavy atom. The third kappa shape index (κ3) is 3.14. The van der Waals surface area contributed by atoms with Crippen molar-refractivity contribution in [3.05, 3.63) is 28.2 Å². The van der Waals surface area contributed by atoms with E-state index in [1.807, 2.05) is 6.07 Å². The number of nitriles is 1. The molecule has 6 heteroatoms. The Bertz CT molecular complexity index is 425. The van der Waals surface area contributed by atoms with Gasteiger partial charge in [0.2, 0.25) is 0 Å². The van der Waals surface area contributed by atoms with Crippen molar-refractivity contribution >= 4 is 15.9 Å². The van der Waals surface area contributed by atoms with Crippen LogP contribution in [0.5, 0.6) is 5.75 Å². The molecular weight excluding hydrogens is 287 g/mol. The van der Waals surface area contributed by atoms with Crippen molar-refractivity contribution in [2.24, 2.45) is 0 Å². The zero-order chi connectivity index (χ0) is 12.3. The SMILES string of the molecule is CC(Oc1ccc(C#N)cc1Br)C(F)(F)F. The van der Waals surface area contributed by atoms with E-state index >= 15 is 0 Å². The normalized spacial score (nSPS) is 13.0. The molecular formula is C10H7BrF3NO. The van der Waals surface area contributed by atoms with Crippen LogP contribution in [-0.4, -0.2) is 12.3 Å². The van der Waals surface area contributed by atoms with E-state index in [2.05, 4.69) is 15.9 Å². The highest BCUT2D eigenvalue weighted by Crippen LogP contribution is 2.30. The van der Waals surface area contributed by atoms with Crippen molar-refractivity contribution in [2.75, 3.05) is 0 Å². The summed E-state index contributed by atoms with van der Waals surface area (Å²) < 4.78 is 41.7. The molecule has 0 amide bonds. The van der Waals surface area contributed by atoms with Crippen LogP contribution < -0.4 is 4.74 Å². The second-order valence-electron chi connectivity index (χ2n) is 3.06. The number of alkyl halides is 3. The van der Waals surface area contributed by atoms with Crippen molar-refractivity contribution in [2.45, 2.75) is 19.2 Å². The van der Waals surface area contributed by atoms with E-state index in [0.717, 1.165) is 6.92 Å². The molecule has 1 aromatic rings. The zero-order valence-electron chi connectivity index (χ0n) is 8.18. The van der Waals surface area contributed by atoms with Gasteiger partial charge in [-0.05, 0) is 41.1 Å². The fourth-order valence-corrected chi connectivity index (χ4v) is 1.40. The Hall–Kier alpha value is -1.22. The van der Waals surface area contributed by atoms with E-state index in [0.29, 0.717) is 10.0 Å². The van der Waals surface area contributed by atoms with Gasteiger partial charge in [0.25, 0.3) is 0 Å². The van der Waals surface area contributed by atoms with E-state index in [1.54, 1.807) is 0 Å². The fraction of sp³-hybridized carbons (Fsp3) is 0.300. The van der Waals surface area contributed by atoms with Crippen molar-refractivity contribution in [1.29, 1.82) is 5.26 Å². The highest BCUT2D eigenvalue weighted by atomic mass is 79.9. The van der Waals surface area contributed by atoms with Crippen LogP contribution in [0.3, 0.4) is 0 Å². The number of ether oxygens (including phenoxy) is 1. The molecule has 1 unspecified atom stereocenters. The molecule has 86 valence electrons. The van der Waals surface area contributed by atoms with Gasteiger partial charge in [0, 0.05) is 0 Å². The molecule has 0 heterocycles. The Morgan fingerprint density at radius 2 is 2.06 bits per heavy atom. The number of hydrogen-bond donors (Lipinski definition) is 0. The first-order valence-electron chi connectivity index (χ1n) is 4.27. The molecule has 0 aromatic heterocycles. The van der Waals surface area contributed by atoms with Gasteiger partial charge in [0.15, 0.2) is 6.10 Å². The number of nitrogens with zero attached hydrogens (tertiary/aromatic N) is 1. The first-order valence-corrected chi connectivity index (χ1v) is 5.07. The molecule has 0 saturated heterocycles. The monoisotopic (exact) mass is 293 g/mol. The molecule has 0 radical (unpaired) electrons. The summed E-state index contributed by atoms with van der Waals surface area (Å²) in [5.41, 5.74) is 0.346. The molecule has 1 rings (SSSR count). The van der Waals surface area contributed by atoms with E-state index in [1.165, 1.54) is 18.2 Å². The maximum absolute atomic E-state index is 12.2. The predicted octanol–water partition coefficient (Wildman–Crippen LogP) is 3.65. The van der Waals surface area contributed by atoms with Gasteiger partial charge >= 0.3 is 6.18 Å². The lowest BCUT2D eigenvalue weighted by molar-refractivity contribution is -0.189. The quantitative estimate of drug-likeness (QED) is 0.834. The van der Waals surface area contributed by atoms with E-state index in [-0.39, 0.29) is 5.75 Å². The second-order valence-corrected chi connectivity index (χ2v) is 3.91. The van der Waals surface area contributed by atoms with Gasteiger partial charge in [-0.2, -0.15) is 18.4 Å². The maximum atomic E-state index is 12.2. The average Bonchev–Trinajstić information content (AvgIpc) is 2.19. The molecule has 16 heavy (non-hydrogen) atoms. The Kier molecular flexibility index (Phi) is 3.81. The van der Waals surface area contributed by atoms with Gasteiger partial charge in [-0.15, -0.1) is 0 Å². The third-order valence-corrected chi connectivity index (χ3v) is 2.45. The molecule has 0 aliphatic rings. The van der Waals surface area contributed by atoms with Crippen LogP contribution in [-0.2, 0) is 0 Å². The standard InChI is InChI=1S/C10H7BrF3NO/c1-6(10(12,13)14)16-9-3-2-7(5-15)4-8(9)11/h2-4,6H,1H3. The summed E-state index contributed by atoms with van der Waals surface area (Å²) in [5.74, 6) is 0.0591. The summed E-state index contributed by atoms with van der Waals surface area (Å²) in [6, 6.07) is 5.99. The van der Waals surface area contributed by atoms with Gasteiger partial charge in [-0.3, -0.25) is 0 Å². The molecule has 1 atom stereocenters. The first kappa shape index (κ1) is 12.8. The van der Waals surface area contributed by atoms with Gasteiger partial charge in [0.1, 0.15) is 5.75 Å². The Labute approximate surface area is 98.8 Å². The summed E-state index contributed by atoms with van der Waals surface area (Å²) in [6.45, 7) is 0.921. The lowest BCUT2D eigenvalue weighted by Gasteiger charge is -2.18. The lowest BCUT2D eigenvalue weighted by Crippen LogP contribution is -2.31. The van der Waals surface area contributed by atoms with E-state index in [9.17, 15) is 13.2 Å². The summed E-state index contributed by atoms with van der Waals surface area (Å²) >= 11 is 3.04. The number of halogens is 4. The minimum Gasteiger partial charge on any atom is -0.480 e. The van der Waals surface area contributed by atoms with Gasteiger partial charge in [-0.1, -0.05) is 0 Å². The number of benzene rings is 1. The van der Waals surface area contributed by atoms with Crippen molar-refractivity contribution in [3.63, 3.8) is 0 Å². The van der Waals surface area contributed by atoms with Crippen LogP contribution in [0.25, 0.3) is 0 Å². The van der Waals surface area contributed by atoms with Crippen molar-refractivity contribution < 1.29 is 17.9 Å². The minimum atomic E-state index is -4.41. The minimum absolute atomic E-state index is 0.0591. The smallest absolute Gasteiger partial charge is 0.425 e. The lowest BCUT2D eigenvalue weighted by atomic mass is 10.2. The molecule has 1 aromatic carbocycles. The first-order chi connectivity index (χ1) is 7.34. The van der Waals surface area contributed by atoms with E-state index in [4.69, 9.17) is 10.00 Å². The zero-order valence-corrected chi connectivity index (χ0v) is 9.76.